The number of hydrogen-bond acceptors (Lipinski definition) is 4. The zero-order chi connectivity index (χ0) is 14.7. The van der Waals surface area contributed by atoms with Crippen molar-refractivity contribution in [1.82, 2.24) is 4.90 Å². The number of benzene rings is 1. The average Bonchev–Trinajstić information content (AvgIpc) is 2.77. The van der Waals surface area contributed by atoms with Gasteiger partial charge in [0.15, 0.2) is 0 Å². The van der Waals surface area contributed by atoms with Crippen LogP contribution in [0.15, 0.2) is 18.2 Å². The van der Waals surface area contributed by atoms with Crippen molar-refractivity contribution in [3.05, 3.63) is 34.9 Å². The van der Waals surface area contributed by atoms with Crippen LogP contribution in [-0.2, 0) is 0 Å². The monoisotopic (exact) mass is 275 g/mol. The van der Waals surface area contributed by atoms with Crippen LogP contribution in [-0.4, -0.2) is 58.0 Å². The summed E-state index contributed by atoms with van der Waals surface area (Å²) in [6.45, 7) is 1.82. The lowest BCUT2D eigenvalue weighted by molar-refractivity contribution is 0.0572. The van der Waals surface area contributed by atoms with Gasteiger partial charge in [0.05, 0.1) is 12.2 Å². The summed E-state index contributed by atoms with van der Waals surface area (Å²) >= 11 is 0. The van der Waals surface area contributed by atoms with Gasteiger partial charge in [-0.3, -0.25) is 4.79 Å². The molecular weight excluding hydrogens is 258 g/mol. The first kappa shape index (κ1) is 14.5. The lowest BCUT2D eigenvalue weighted by Crippen LogP contribution is -2.30. The SMILES string of the molecule is Cc1c(C#CCO)cccc1C(=O)N1CC(O)C(O)C1. The van der Waals surface area contributed by atoms with Gasteiger partial charge in [-0.2, -0.15) is 0 Å². The van der Waals surface area contributed by atoms with Gasteiger partial charge >= 0.3 is 0 Å². The van der Waals surface area contributed by atoms with E-state index in [1.54, 1.807) is 25.1 Å². The molecule has 0 aromatic heterocycles. The normalized spacial score (nSPS) is 21.5. The van der Waals surface area contributed by atoms with E-state index in [1.165, 1.54) is 4.90 Å². The maximum absolute atomic E-state index is 12.4. The fourth-order valence-electron chi connectivity index (χ4n) is 2.24. The summed E-state index contributed by atoms with van der Waals surface area (Å²) in [5.74, 6) is 5.12. The Kier molecular flexibility index (Phi) is 4.40. The van der Waals surface area contributed by atoms with Crippen LogP contribution >= 0.6 is 0 Å². The Hall–Kier alpha value is -1.87. The molecule has 2 rings (SSSR count). The molecule has 1 aliphatic heterocycles. The number of carbonyl (C=O) groups excluding carboxylic acids is 1. The number of aliphatic hydroxyl groups excluding tert-OH is 3. The molecule has 1 fully saturated rings. The Morgan fingerprint density at radius 2 is 2.00 bits per heavy atom. The van der Waals surface area contributed by atoms with E-state index in [4.69, 9.17) is 5.11 Å². The molecule has 1 aromatic rings. The Morgan fingerprint density at radius 3 is 2.60 bits per heavy atom. The molecule has 0 radical (unpaired) electrons. The minimum Gasteiger partial charge on any atom is -0.388 e. The third kappa shape index (κ3) is 2.83. The Balaban J connectivity index is 2.27. The third-order valence-corrected chi connectivity index (χ3v) is 3.41. The highest BCUT2D eigenvalue weighted by molar-refractivity contribution is 5.96. The fourth-order valence-corrected chi connectivity index (χ4v) is 2.24. The van der Waals surface area contributed by atoms with E-state index in [0.717, 1.165) is 5.56 Å². The Morgan fingerprint density at radius 1 is 1.35 bits per heavy atom. The molecule has 20 heavy (non-hydrogen) atoms. The van der Waals surface area contributed by atoms with Crippen LogP contribution in [0.5, 0.6) is 0 Å². The second-order valence-electron chi connectivity index (χ2n) is 4.78. The Bertz CT molecular complexity index is 563. The lowest BCUT2D eigenvalue weighted by Gasteiger charge is -2.17. The van der Waals surface area contributed by atoms with Gasteiger partial charge in [-0.05, 0) is 24.6 Å². The first-order chi connectivity index (χ1) is 9.54. The standard InChI is InChI=1S/C15H17NO4/c1-10-11(5-3-7-17)4-2-6-12(10)15(20)16-8-13(18)14(19)9-16/h2,4,6,13-14,17-19H,7-9H2,1H3. The van der Waals surface area contributed by atoms with Crippen molar-refractivity contribution >= 4 is 5.91 Å². The van der Waals surface area contributed by atoms with E-state index in [-0.39, 0.29) is 25.6 Å². The number of amides is 1. The van der Waals surface area contributed by atoms with Crippen molar-refractivity contribution in [2.75, 3.05) is 19.7 Å². The number of aliphatic hydroxyl groups is 3. The molecule has 0 bridgehead atoms. The number of nitrogens with zero attached hydrogens (tertiary/aromatic N) is 1. The minimum atomic E-state index is -0.892. The zero-order valence-corrected chi connectivity index (χ0v) is 11.2. The van der Waals surface area contributed by atoms with Crippen LogP contribution in [0.25, 0.3) is 0 Å². The van der Waals surface area contributed by atoms with Gasteiger partial charge in [-0.25, -0.2) is 0 Å². The van der Waals surface area contributed by atoms with Crippen molar-refractivity contribution < 1.29 is 20.1 Å². The summed E-state index contributed by atoms with van der Waals surface area (Å²) in [5, 5.41) is 27.7. The highest BCUT2D eigenvalue weighted by atomic mass is 16.3. The molecule has 0 aliphatic carbocycles. The predicted molar refractivity (Wildman–Crippen MR) is 73.1 cm³/mol. The quantitative estimate of drug-likeness (QED) is 0.605. The van der Waals surface area contributed by atoms with Crippen LogP contribution in [0.4, 0.5) is 0 Å². The lowest BCUT2D eigenvalue weighted by atomic mass is 10.0. The van der Waals surface area contributed by atoms with Crippen LogP contribution in [0.3, 0.4) is 0 Å². The van der Waals surface area contributed by atoms with E-state index < -0.39 is 12.2 Å². The molecule has 106 valence electrons. The summed E-state index contributed by atoms with van der Waals surface area (Å²) in [6, 6.07) is 5.20. The molecule has 0 saturated carbocycles. The third-order valence-electron chi connectivity index (χ3n) is 3.41. The number of hydrogen-bond donors (Lipinski definition) is 3. The summed E-state index contributed by atoms with van der Waals surface area (Å²) in [7, 11) is 0. The van der Waals surface area contributed by atoms with Crippen molar-refractivity contribution in [2.45, 2.75) is 19.1 Å². The average molecular weight is 275 g/mol. The molecule has 0 spiro atoms. The fraction of sp³-hybridized carbons (Fsp3) is 0.400. The van der Waals surface area contributed by atoms with Gasteiger partial charge in [0.1, 0.15) is 6.61 Å². The molecule has 1 amide bonds. The number of β-amino-alcohol motifs (C(OH)–C–C–N with tert-alkyl or cyclic N) is 2. The molecular formula is C15H17NO4. The smallest absolute Gasteiger partial charge is 0.254 e. The van der Waals surface area contributed by atoms with Crippen molar-refractivity contribution in [3.63, 3.8) is 0 Å². The molecule has 1 saturated heterocycles. The van der Waals surface area contributed by atoms with Crippen molar-refractivity contribution in [2.24, 2.45) is 0 Å². The molecule has 2 atom stereocenters. The molecule has 2 unspecified atom stereocenters. The second-order valence-corrected chi connectivity index (χ2v) is 4.78. The highest BCUT2D eigenvalue weighted by Gasteiger charge is 2.33. The van der Waals surface area contributed by atoms with Gasteiger partial charge in [0, 0.05) is 24.2 Å². The predicted octanol–water partition coefficient (Wildman–Crippen LogP) is -0.484. The van der Waals surface area contributed by atoms with E-state index in [0.29, 0.717) is 11.1 Å². The van der Waals surface area contributed by atoms with E-state index >= 15 is 0 Å². The summed E-state index contributed by atoms with van der Waals surface area (Å²) in [4.78, 5) is 13.8. The van der Waals surface area contributed by atoms with Crippen molar-refractivity contribution in [3.8, 4) is 11.8 Å². The summed E-state index contributed by atoms with van der Waals surface area (Å²) in [6.07, 6.45) is -1.78. The molecule has 3 N–H and O–H groups in total. The highest BCUT2D eigenvalue weighted by Crippen LogP contribution is 2.19. The molecule has 1 heterocycles. The van der Waals surface area contributed by atoms with Gasteiger partial charge in [0.25, 0.3) is 5.91 Å². The van der Waals surface area contributed by atoms with Gasteiger partial charge < -0.3 is 20.2 Å². The van der Waals surface area contributed by atoms with Gasteiger partial charge in [0.2, 0.25) is 0 Å². The first-order valence-corrected chi connectivity index (χ1v) is 6.39. The topological polar surface area (TPSA) is 81.0 Å². The minimum absolute atomic E-state index is 0.131. The first-order valence-electron chi connectivity index (χ1n) is 6.39. The Labute approximate surface area is 117 Å². The van der Waals surface area contributed by atoms with Crippen LogP contribution in [0, 0.1) is 18.8 Å². The van der Waals surface area contributed by atoms with Crippen molar-refractivity contribution in [1.29, 1.82) is 0 Å². The summed E-state index contributed by atoms with van der Waals surface area (Å²) < 4.78 is 0. The summed E-state index contributed by atoms with van der Waals surface area (Å²) in [5.41, 5.74) is 1.91. The molecule has 5 heteroatoms. The van der Waals surface area contributed by atoms with E-state index in [9.17, 15) is 15.0 Å². The maximum atomic E-state index is 12.4. The zero-order valence-electron chi connectivity index (χ0n) is 11.2. The van der Waals surface area contributed by atoms with Gasteiger partial charge in [-0.15, -0.1) is 0 Å². The number of likely N-dealkylation sites (tertiary alicyclic amines) is 1. The number of rotatable bonds is 1. The molecule has 1 aromatic carbocycles. The van der Waals surface area contributed by atoms with Gasteiger partial charge in [-0.1, -0.05) is 17.9 Å². The second kappa shape index (κ2) is 6.06. The number of carbonyl (C=O) groups is 1. The maximum Gasteiger partial charge on any atom is 0.254 e. The van der Waals surface area contributed by atoms with Crippen LogP contribution < -0.4 is 0 Å². The molecule has 1 aliphatic rings. The van der Waals surface area contributed by atoms with E-state index in [1.807, 2.05) is 0 Å². The molecule has 5 nitrogen and oxygen atoms in total. The van der Waals surface area contributed by atoms with Crippen LogP contribution in [0.1, 0.15) is 21.5 Å². The van der Waals surface area contributed by atoms with E-state index in [2.05, 4.69) is 11.8 Å². The largest absolute Gasteiger partial charge is 0.388 e. The van der Waals surface area contributed by atoms with Crippen LogP contribution in [0.2, 0.25) is 0 Å².